The van der Waals surface area contributed by atoms with Crippen LogP contribution in [0.25, 0.3) is 0 Å². The van der Waals surface area contributed by atoms with Crippen molar-refractivity contribution in [3.05, 3.63) is 77.1 Å². The van der Waals surface area contributed by atoms with Crippen LogP contribution < -0.4 is 14.8 Å². The lowest BCUT2D eigenvalue weighted by atomic mass is 9.93. The molecular weight excluding hydrogens is 463 g/mol. The SMILES string of the molecule is COCc1nc(C)ncc1OC[C@@]1(c2ccc(F)c(OC)c2)C[C@H]1C(=O)Nc1ccc(F)c(F)c1. The number of benzene rings is 2. The normalized spacial score (nSPS) is 18.7. The molecule has 1 N–H and O–H groups in total. The van der Waals surface area contributed by atoms with Crippen LogP contribution in [0.4, 0.5) is 18.9 Å². The first-order chi connectivity index (χ1) is 16.8. The molecule has 1 saturated carbocycles. The third kappa shape index (κ3) is 5.07. The largest absolute Gasteiger partial charge is 0.494 e. The van der Waals surface area contributed by atoms with Gasteiger partial charge < -0.3 is 19.5 Å². The minimum atomic E-state index is -1.07. The van der Waals surface area contributed by atoms with E-state index in [0.717, 1.165) is 12.1 Å². The van der Waals surface area contributed by atoms with Gasteiger partial charge in [0.25, 0.3) is 0 Å². The van der Waals surface area contributed by atoms with Crippen LogP contribution in [0.1, 0.15) is 23.5 Å². The highest BCUT2D eigenvalue weighted by molar-refractivity contribution is 5.96. The summed E-state index contributed by atoms with van der Waals surface area (Å²) in [5, 5.41) is 2.62. The molecule has 4 rings (SSSR count). The molecule has 184 valence electrons. The van der Waals surface area contributed by atoms with Crippen molar-refractivity contribution in [1.29, 1.82) is 0 Å². The van der Waals surface area contributed by atoms with E-state index in [0.29, 0.717) is 29.3 Å². The number of hydrogen-bond donors (Lipinski definition) is 1. The van der Waals surface area contributed by atoms with Crippen molar-refractivity contribution in [2.45, 2.75) is 25.4 Å². The maximum Gasteiger partial charge on any atom is 0.228 e. The fraction of sp³-hybridized carbons (Fsp3) is 0.320. The van der Waals surface area contributed by atoms with Gasteiger partial charge in [-0.15, -0.1) is 0 Å². The van der Waals surface area contributed by atoms with Gasteiger partial charge in [0.1, 0.15) is 11.5 Å². The quantitative estimate of drug-likeness (QED) is 0.484. The summed E-state index contributed by atoms with van der Waals surface area (Å²) in [6.07, 6.45) is 1.91. The van der Waals surface area contributed by atoms with Gasteiger partial charge in [0.2, 0.25) is 5.91 Å². The topological polar surface area (TPSA) is 82.6 Å². The summed E-state index contributed by atoms with van der Waals surface area (Å²) in [5.74, 6) is -2.61. The molecule has 3 aromatic rings. The maximum atomic E-state index is 14.1. The predicted molar refractivity (Wildman–Crippen MR) is 121 cm³/mol. The molecule has 0 radical (unpaired) electrons. The van der Waals surface area contributed by atoms with Crippen molar-refractivity contribution in [2.24, 2.45) is 5.92 Å². The van der Waals surface area contributed by atoms with Gasteiger partial charge in [-0.05, 0) is 43.2 Å². The maximum absolute atomic E-state index is 14.1. The number of hydrogen-bond acceptors (Lipinski definition) is 6. The molecule has 2 aromatic carbocycles. The summed E-state index contributed by atoms with van der Waals surface area (Å²) in [4.78, 5) is 21.6. The zero-order valence-electron chi connectivity index (χ0n) is 19.4. The van der Waals surface area contributed by atoms with Gasteiger partial charge in [-0.1, -0.05) is 6.07 Å². The van der Waals surface area contributed by atoms with E-state index in [1.54, 1.807) is 13.0 Å². The van der Waals surface area contributed by atoms with E-state index < -0.39 is 34.7 Å². The van der Waals surface area contributed by atoms with Crippen LogP contribution in [0.3, 0.4) is 0 Å². The Morgan fingerprint density at radius 2 is 1.86 bits per heavy atom. The summed E-state index contributed by atoms with van der Waals surface area (Å²) in [6, 6.07) is 7.50. The molecular formula is C25H24F3N3O4. The van der Waals surface area contributed by atoms with Crippen LogP contribution in [-0.4, -0.2) is 36.7 Å². The minimum absolute atomic E-state index is 0.0345. The van der Waals surface area contributed by atoms with Crippen LogP contribution in [0.15, 0.2) is 42.6 Å². The molecule has 1 fully saturated rings. The van der Waals surface area contributed by atoms with Crippen LogP contribution in [0, 0.1) is 30.3 Å². The van der Waals surface area contributed by atoms with Crippen LogP contribution in [0.5, 0.6) is 11.5 Å². The Morgan fingerprint density at radius 1 is 1.09 bits per heavy atom. The highest BCUT2D eigenvalue weighted by atomic mass is 19.2. The minimum Gasteiger partial charge on any atom is -0.494 e. The first-order valence-electron chi connectivity index (χ1n) is 10.8. The first kappa shape index (κ1) is 24.5. The van der Waals surface area contributed by atoms with Gasteiger partial charge in [0.15, 0.2) is 29.0 Å². The van der Waals surface area contributed by atoms with E-state index in [1.165, 1.54) is 38.6 Å². The Hall–Kier alpha value is -3.66. The predicted octanol–water partition coefficient (Wildman–Crippen LogP) is 4.33. The Kier molecular flexibility index (Phi) is 6.93. The van der Waals surface area contributed by atoms with Crippen LogP contribution >= 0.6 is 0 Å². The molecule has 0 bridgehead atoms. The van der Waals surface area contributed by atoms with E-state index in [9.17, 15) is 18.0 Å². The summed E-state index contributed by atoms with van der Waals surface area (Å²) < 4.78 is 57.3. The third-order valence-corrected chi connectivity index (χ3v) is 6.02. The number of halogens is 3. The van der Waals surface area contributed by atoms with Crippen LogP contribution in [0.2, 0.25) is 0 Å². The van der Waals surface area contributed by atoms with E-state index in [-0.39, 0.29) is 24.7 Å². The number of nitrogens with one attached hydrogen (secondary N) is 1. The Bertz CT molecular complexity index is 1260. The van der Waals surface area contributed by atoms with Crippen LogP contribution in [-0.2, 0) is 21.6 Å². The molecule has 10 heteroatoms. The Morgan fingerprint density at radius 3 is 2.57 bits per heavy atom. The summed E-state index contributed by atoms with van der Waals surface area (Å²) in [6.45, 7) is 2.01. The number of amides is 1. The lowest BCUT2D eigenvalue weighted by molar-refractivity contribution is -0.117. The molecule has 1 aliphatic carbocycles. The van der Waals surface area contributed by atoms with Crippen molar-refractivity contribution < 1.29 is 32.2 Å². The van der Waals surface area contributed by atoms with Gasteiger partial charge in [0.05, 0.1) is 32.4 Å². The second-order valence-corrected chi connectivity index (χ2v) is 8.33. The summed E-state index contributed by atoms with van der Waals surface area (Å²) in [5.41, 5.74) is 0.498. The summed E-state index contributed by atoms with van der Waals surface area (Å²) >= 11 is 0. The Labute approximate surface area is 200 Å². The Balaban J connectivity index is 1.62. The third-order valence-electron chi connectivity index (χ3n) is 6.02. The zero-order valence-corrected chi connectivity index (χ0v) is 19.4. The fourth-order valence-electron chi connectivity index (χ4n) is 4.06. The average Bonchev–Trinajstić information content (AvgIpc) is 3.57. The standard InChI is InChI=1S/C25H24F3N3O4/c1-14-29-11-23(21(30-14)12-33-2)35-13-25(15-4-6-19(27)22(8-15)34-3)10-17(25)24(32)31-16-5-7-18(26)20(28)9-16/h4-9,11,17H,10,12-13H2,1-3H3,(H,31,32)/t17-,25+/m0/s1. The number of rotatable bonds is 9. The second kappa shape index (κ2) is 9.91. The number of aryl methyl sites for hydroxylation is 1. The first-order valence-corrected chi connectivity index (χ1v) is 10.8. The lowest BCUT2D eigenvalue weighted by Crippen LogP contribution is -2.27. The van der Waals surface area contributed by atoms with Gasteiger partial charge in [0, 0.05) is 24.3 Å². The molecule has 0 saturated heterocycles. The summed E-state index contributed by atoms with van der Waals surface area (Å²) in [7, 11) is 2.89. The van der Waals surface area contributed by atoms with E-state index in [2.05, 4.69) is 15.3 Å². The van der Waals surface area contributed by atoms with Crippen molar-refractivity contribution in [1.82, 2.24) is 9.97 Å². The fourth-order valence-corrected chi connectivity index (χ4v) is 4.06. The monoisotopic (exact) mass is 487 g/mol. The zero-order chi connectivity index (χ0) is 25.2. The molecule has 1 aliphatic rings. The molecule has 1 aromatic heterocycles. The molecule has 35 heavy (non-hydrogen) atoms. The molecule has 7 nitrogen and oxygen atoms in total. The number of nitrogens with zero attached hydrogens (tertiary/aromatic N) is 2. The second-order valence-electron chi connectivity index (χ2n) is 8.33. The van der Waals surface area contributed by atoms with Gasteiger partial charge in [-0.25, -0.2) is 23.1 Å². The van der Waals surface area contributed by atoms with Gasteiger partial charge >= 0.3 is 0 Å². The molecule has 0 unspecified atom stereocenters. The highest BCUT2D eigenvalue weighted by Gasteiger charge is 2.60. The molecule has 1 heterocycles. The number of ether oxygens (including phenoxy) is 3. The van der Waals surface area contributed by atoms with E-state index in [1.807, 2.05) is 0 Å². The van der Waals surface area contributed by atoms with Gasteiger partial charge in [-0.3, -0.25) is 4.79 Å². The van der Waals surface area contributed by atoms with E-state index >= 15 is 0 Å². The molecule has 1 amide bonds. The van der Waals surface area contributed by atoms with Crippen molar-refractivity contribution in [3.63, 3.8) is 0 Å². The number of carbonyl (C=O) groups excluding carboxylic acids is 1. The van der Waals surface area contributed by atoms with Crippen molar-refractivity contribution in [2.75, 3.05) is 26.1 Å². The highest BCUT2D eigenvalue weighted by Crippen LogP contribution is 2.55. The lowest BCUT2D eigenvalue weighted by Gasteiger charge is -2.21. The number of methoxy groups -OCH3 is 2. The number of carbonyl (C=O) groups is 1. The molecule has 0 aliphatic heterocycles. The smallest absolute Gasteiger partial charge is 0.228 e. The van der Waals surface area contributed by atoms with Gasteiger partial charge in [-0.2, -0.15) is 0 Å². The molecule has 2 atom stereocenters. The number of anilines is 1. The van der Waals surface area contributed by atoms with Crippen molar-refractivity contribution >= 4 is 11.6 Å². The molecule has 0 spiro atoms. The van der Waals surface area contributed by atoms with E-state index in [4.69, 9.17) is 14.2 Å². The average molecular weight is 487 g/mol. The van der Waals surface area contributed by atoms with Crippen molar-refractivity contribution in [3.8, 4) is 11.5 Å². The number of aromatic nitrogens is 2.